The second kappa shape index (κ2) is 6.12. The van der Waals surface area contributed by atoms with Gasteiger partial charge in [-0.2, -0.15) is 10.1 Å². The van der Waals surface area contributed by atoms with E-state index < -0.39 is 11.6 Å². The summed E-state index contributed by atoms with van der Waals surface area (Å²) >= 11 is 0. The summed E-state index contributed by atoms with van der Waals surface area (Å²) in [5, 5.41) is 12.2. The van der Waals surface area contributed by atoms with Crippen molar-refractivity contribution in [1.82, 2.24) is 25.1 Å². The van der Waals surface area contributed by atoms with Crippen molar-refractivity contribution in [2.24, 2.45) is 0 Å². The first-order valence-electron chi connectivity index (χ1n) is 6.33. The Hall–Kier alpha value is -3.10. The van der Waals surface area contributed by atoms with Crippen LogP contribution in [0, 0.1) is 11.6 Å². The van der Waals surface area contributed by atoms with Gasteiger partial charge in [0.15, 0.2) is 0 Å². The van der Waals surface area contributed by atoms with Crippen LogP contribution in [0.15, 0.2) is 37.1 Å². The van der Waals surface area contributed by atoms with Gasteiger partial charge in [-0.25, -0.2) is 13.8 Å². The predicted octanol–water partition coefficient (Wildman–Crippen LogP) is 2.23. The van der Waals surface area contributed by atoms with E-state index in [9.17, 15) is 8.78 Å². The lowest BCUT2D eigenvalue weighted by atomic mass is 10.2. The van der Waals surface area contributed by atoms with Crippen LogP contribution in [-0.2, 0) is 6.54 Å². The van der Waals surface area contributed by atoms with Crippen LogP contribution in [0.25, 0.3) is 0 Å². The van der Waals surface area contributed by atoms with Crippen LogP contribution in [0.2, 0.25) is 0 Å². The maximum Gasteiger partial charge on any atom is 0.229 e. The van der Waals surface area contributed by atoms with Crippen molar-refractivity contribution in [3.8, 4) is 0 Å². The van der Waals surface area contributed by atoms with E-state index in [0.29, 0.717) is 17.5 Å². The zero-order chi connectivity index (χ0) is 15.4. The molecule has 0 saturated heterocycles. The van der Waals surface area contributed by atoms with Crippen molar-refractivity contribution in [2.75, 3.05) is 10.6 Å². The largest absolute Gasteiger partial charge is 0.366 e. The number of aromatic nitrogens is 5. The lowest BCUT2D eigenvalue weighted by Crippen LogP contribution is -2.07. The Bertz CT molecular complexity index is 741. The number of halogens is 2. The van der Waals surface area contributed by atoms with Crippen LogP contribution < -0.4 is 10.6 Å². The molecule has 0 bridgehead atoms. The lowest BCUT2D eigenvalue weighted by Gasteiger charge is -2.08. The number of nitrogens with zero attached hydrogens (tertiary/aromatic N) is 4. The number of aromatic amines is 1. The van der Waals surface area contributed by atoms with Gasteiger partial charge in [-0.05, 0) is 6.07 Å². The molecule has 9 heteroatoms. The summed E-state index contributed by atoms with van der Waals surface area (Å²) in [4.78, 5) is 11.7. The van der Waals surface area contributed by atoms with Gasteiger partial charge in [0.1, 0.15) is 17.5 Å². The molecule has 0 unspecified atom stereocenters. The molecule has 0 aliphatic heterocycles. The van der Waals surface area contributed by atoms with Gasteiger partial charge >= 0.3 is 0 Å². The number of H-pyrrole nitrogens is 1. The van der Waals surface area contributed by atoms with Crippen molar-refractivity contribution >= 4 is 17.5 Å². The summed E-state index contributed by atoms with van der Waals surface area (Å²) < 4.78 is 27.0. The number of anilines is 3. The highest BCUT2D eigenvalue weighted by Gasteiger charge is 2.09. The molecule has 0 aliphatic carbocycles. The number of hydrogen-bond donors (Lipinski definition) is 3. The first-order chi connectivity index (χ1) is 10.7. The van der Waals surface area contributed by atoms with E-state index in [2.05, 4.69) is 35.8 Å². The van der Waals surface area contributed by atoms with Crippen LogP contribution in [-0.4, -0.2) is 25.1 Å². The topological polar surface area (TPSA) is 91.4 Å². The molecule has 0 atom stereocenters. The predicted molar refractivity (Wildman–Crippen MR) is 75.4 cm³/mol. The summed E-state index contributed by atoms with van der Waals surface area (Å²) in [6.45, 7) is -0.0532. The monoisotopic (exact) mass is 303 g/mol. The smallest absolute Gasteiger partial charge is 0.229 e. The Morgan fingerprint density at radius 3 is 2.68 bits per heavy atom. The van der Waals surface area contributed by atoms with E-state index in [-0.39, 0.29) is 12.1 Å². The highest BCUT2D eigenvalue weighted by atomic mass is 19.1. The maximum absolute atomic E-state index is 13.5. The fourth-order valence-electron chi connectivity index (χ4n) is 1.75. The van der Waals surface area contributed by atoms with Crippen LogP contribution in [0.5, 0.6) is 0 Å². The fraction of sp³-hybridized carbons (Fsp3) is 0.0769. The SMILES string of the molecule is Fc1cncc(F)c1CNc1ccnc(Nc2cn[nH]c2)n1. The molecule has 7 nitrogen and oxygen atoms in total. The number of hydrogen-bond acceptors (Lipinski definition) is 6. The molecular formula is C13H11F2N7. The Morgan fingerprint density at radius 1 is 1.14 bits per heavy atom. The van der Waals surface area contributed by atoms with Crippen molar-refractivity contribution in [3.05, 3.63) is 54.2 Å². The Balaban J connectivity index is 1.70. The van der Waals surface area contributed by atoms with Crippen LogP contribution in [0.4, 0.5) is 26.2 Å². The van der Waals surface area contributed by atoms with Gasteiger partial charge in [0.05, 0.1) is 24.3 Å². The minimum Gasteiger partial charge on any atom is -0.366 e. The summed E-state index contributed by atoms with van der Waals surface area (Å²) in [5.41, 5.74) is 0.598. The molecule has 3 aromatic heterocycles. The summed E-state index contributed by atoms with van der Waals surface area (Å²) in [6.07, 6.45) is 6.67. The highest BCUT2D eigenvalue weighted by Crippen LogP contribution is 2.15. The Kier molecular flexibility index (Phi) is 3.86. The van der Waals surface area contributed by atoms with Crippen LogP contribution >= 0.6 is 0 Å². The van der Waals surface area contributed by atoms with Crippen LogP contribution in [0.3, 0.4) is 0 Å². The van der Waals surface area contributed by atoms with Crippen molar-refractivity contribution in [1.29, 1.82) is 0 Å². The molecule has 0 fully saturated rings. The molecule has 112 valence electrons. The van der Waals surface area contributed by atoms with Gasteiger partial charge in [0.2, 0.25) is 5.95 Å². The summed E-state index contributed by atoms with van der Waals surface area (Å²) in [5.74, 6) is -0.657. The fourth-order valence-corrected chi connectivity index (χ4v) is 1.75. The molecule has 0 spiro atoms. The third-order valence-corrected chi connectivity index (χ3v) is 2.81. The maximum atomic E-state index is 13.5. The number of pyridine rings is 1. The summed E-state index contributed by atoms with van der Waals surface area (Å²) in [7, 11) is 0. The molecule has 3 heterocycles. The Labute approximate surface area is 123 Å². The lowest BCUT2D eigenvalue weighted by molar-refractivity contribution is 0.550. The van der Waals surface area contributed by atoms with Gasteiger partial charge in [-0.3, -0.25) is 10.1 Å². The minimum absolute atomic E-state index is 0.0532. The second-order valence-electron chi connectivity index (χ2n) is 4.31. The molecule has 0 saturated carbocycles. The Morgan fingerprint density at radius 2 is 1.95 bits per heavy atom. The first-order valence-corrected chi connectivity index (χ1v) is 6.33. The van der Waals surface area contributed by atoms with E-state index >= 15 is 0 Å². The quantitative estimate of drug-likeness (QED) is 0.669. The standard InChI is InChI=1S/C13H11F2N7/c14-10-6-16-7-11(15)9(10)5-18-12-1-2-17-13(22-12)21-8-3-19-20-4-8/h1-4,6-7H,5H2,(H,19,20)(H2,17,18,21,22). The minimum atomic E-state index is -0.710. The molecule has 0 aromatic carbocycles. The average Bonchev–Trinajstić information content (AvgIpc) is 3.00. The molecule has 0 amide bonds. The second-order valence-corrected chi connectivity index (χ2v) is 4.31. The third-order valence-electron chi connectivity index (χ3n) is 2.81. The zero-order valence-corrected chi connectivity index (χ0v) is 11.2. The van der Waals surface area contributed by atoms with Gasteiger partial charge in [-0.15, -0.1) is 0 Å². The molecular weight excluding hydrogens is 292 g/mol. The van der Waals surface area contributed by atoms with Crippen LogP contribution in [0.1, 0.15) is 5.56 Å². The van der Waals surface area contributed by atoms with E-state index in [1.165, 1.54) is 6.20 Å². The third kappa shape index (κ3) is 3.14. The van der Waals surface area contributed by atoms with Gasteiger partial charge < -0.3 is 10.6 Å². The number of rotatable bonds is 5. The normalized spacial score (nSPS) is 10.5. The van der Waals surface area contributed by atoms with Gasteiger partial charge in [0.25, 0.3) is 0 Å². The molecule has 3 aromatic rings. The van der Waals surface area contributed by atoms with E-state index in [1.807, 2.05) is 0 Å². The first kappa shape index (κ1) is 13.9. The van der Waals surface area contributed by atoms with Gasteiger partial charge in [-0.1, -0.05) is 0 Å². The number of nitrogens with one attached hydrogen (secondary N) is 3. The molecule has 3 rings (SSSR count). The van der Waals surface area contributed by atoms with Crippen molar-refractivity contribution in [3.63, 3.8) is 0 Å². The zero-order valence-electron chi connectivity index (χ0n) is 11.2. The highest BCUT2D eigenvalue weighted by molar-refractivity contribution is 5.52. The van der Waals surface area contributed by atoms with Crippen molar-refractivity contribution in [2.45, 2.75) is 6.54 Å². The van der Waals surface area contributed by atoms with E-state index in [0.717, 1.165) is 12.4 Å². The van der Waals surface area contributed by atoms with E-state index in [4.69, 9.17) is 0 Å². The molecule has 0 radical (unpaired) electrons. The summed E-state index contributed by atoms with van der Waals surface area (Å²) in [6, 6.07) is 1.59. The van der Waals surface area contributed by atoms with Crippen molar-refractivity contribution < 1.29 is 8.78 Å². The van der Waals surface area contributed by atoms with Gasteiger partial charge in [0, 0.05) is 24.5 Å². The molecule has 0 aliphatic rings. The van der Waals surface area contributed by atoms with E-state index in [1.54, 1.807) is 18.5 Å². The molecule has 22 heavy (non-hydrogen) atoms. The average molecular weight is 303 g/mol. The molecule has 3 N–H and O–H groups in total.